The highest BCUT2D eigenvalue weighted by Crippen LogP contribution is 2.28. The lowest BCUT2D eigenvalue weighted by atomic mass is 10.1. The van der Waals surface area contributed by atoms with Crippen LogP contribution >= 0.6 is 0 Å². The van der Waals surface area contributed by atoms with Gasteiger partial charge in [0, 0.05) is 23.8 Å². The number of ether oxygens (including phenoxy) is 1. The molecule has 2 aromatic carbocycles. The van der Waals surface area contributed by atoms with Gasteiger partial charge in [0.2, 0.25) is 15.9 Å². The Bertz CT molecular complexity index is 1060. The van der Waals surface area contributed by atoms with Crippen molar-refractivity contribution in [2.24, 2.45) is 0 Å². The first-order valence-electron chi connectivity index (χ1n) is 10.3. The van der Waals surface area contributed by atoms with Gasteiger partial charge in [-0.15, -0.1) is 0 Å². The summed E-state index contributed by atoms with van der Waals surface area (Å²) in [5.74, 6) is 0.0432. The van der Waals surface area contributed by atoms with E-state index in [1.54, 1.807) is 36.4 Å². The third-order valence-electron chi connectivity index (χ3n) is 5.50. The summed E-state index contributed by atoms with van der Waals surface area (Å²) in [6.45, 7) is 0.284. The molecule has 1 saturated heterocycles. The number of hydrogen-bond donors (Lipinski definition) is 2. The monoisotopic (exact) mass is 443 g/mol. The van der Waals surface area contributed by atoms with Crippen molar-refractivity contribution in [3.63, 3.8) is 0 Å². The normalized spacial score (nSPS) is 19.1. The number of hydrogen-bond acceptors (Lipinski definition) is 5. The predicted molar refractivity (Wildman–Crippen MR) is 115 cm³/mol. The summed E-state index contributed by atoms with van der Waals surface area (Å²) in [6, 6.07) is 12.2. The first-order valence-corrected chi connectivity index (χ1v) is 11.7. The molecule has 0 spiro atoms. The number of carbonyl (C=O) groups is 2. The van der Waals surface area contributed by atoms with E-state index in [1.165, 1.54) is 23.5 Å². The minimum atomic E-state index is -3.81. The largest absolute Gasteiger partial charge is 0.497 e. The number of nitrogens with zero attached hydrogens (tertiary/aromatic N) is 1. The van der Waals surface area contributed by atoms with E-state index in [9.17, 15) is 18.0 Å². The Balaban J connectivity index is 1.44. The molecule has 164 valence electrons. The van der Waals surface area contributed by atoms with Crippen molar-refractivity contribution >= 4 is 27.5 Å². The molecule has 2 N–H and O–H groups in total. The van der Waals surface area contributed by atoms with Crippen molar-refractivity contribution < 1.29 is 22.7 Å². The summed E-state index contributed by atoms with van der Waals surface area (Å²) in [5.41, 5.74) is 1.04. The van der Waals surface area contributed by atoms with Crippen LogP contribution in [0, 0.1) is 0 Å². The number of sulfonamides is 1. The lowest BCUT2D eigenvalue weighted by Crippen LogP contribution is -2.43. The van der Waals surface area contributed by atoms with E-state index < -0.39 is 16.1 Å². The van der Waals surface area contributed by atoms with Gasteiger partial charge < -0.3 is 15.4 Å². The number of nitrogens with one attached hydrogen (secondary N) is 2. The van der Waals surface area contributed by atoms with Gasteiger partial charge in [-0.3, -0.25) is 9.59 Å². The molecule has 2 fully saturated rings. The summed E-state index contributed by atoms with van der Waals surface area (Å²) in [6.07, 6.45) is 3.07. The number of benzene rings is 2. The quantitative estimate of drug-likeness (QED) is 0.684. The highest BCUT2D eigenvalue weighted by Gasteiger charge is 2.39. The summed E-state index contributed by atoms with van der Waals surface area (Å²) in [7, 11) is -2.30. The highest BCUT2D eigenvalue weighted by atomic mass is 32.2. The number of carbonyl (C=O) groups excluding carboxylic acids is 2. The van der Waals surface area contributed by atoms with Crippen molar-refractivity contribution in [3.05, 3.63) is 54.1 Å². The first kappa shape index (κ1) is 21.3. The lowest BCUT2D eigenvalue weighted by Gasteiger charge is -2.23. The van der Waals surface area contributed by atoms with Crippen LogP contribution in [0.4, 0.5) is 5.69 Å². The molecule has 0 bridgehead atoms. The molecule has 31 heavy (non-hydrogen) atoms. The number of methoxy groups -OCH3 is 1. The molecule has 8 nitrogen and oxygen atoms in total. The van der Waals surface area contributed by atoms with E-state index >= 15 is 0 Å². The minimum absolute atomic E-state index is 0.124. The molecule has 0 aromatic heterocycles. The Morgan fingerprint density at radius 3 is 2.29 bits per heavy atom. The maximum atomic E-state index is 13.1. The van der Waals surface area contributed by atoms with Gasteiger partial charge in [-0.25, -0.2) is 8.42 Å². The minimum Gasteiger partial charge on any atom is -0.497 e. The second-order valence-corrected chi connectivity index (χ2v) is 9.65. The molecule has 4 rings (SSSR count). The number of rotatable bonds is 7. The molecular formula is C22H25N3O5S. The maximum absolute atomic E-state index is 13.1. The van der Waals surface area contributed by atoms with E-state index in [1.807, 2.05) is 0 Å². The topological polar surface area (TPSA) is 105 Å². The Kier molecular flexibility index (Phi) is 5.97. The molecule has 1 aliphatic heterocycles. The second-order valence-electron chi connectivity index (χ2n) is 7.76. The van der Waals surface area contributed by atoms with E-state index in [4.69, 9.17) is 4.74 Å². The van der Waals surface area contributed by atoms with Crippen LogP contribution in [0.25, 0.3) is 0 Å². The Hall–Kier alpha value is -2.91. The molecule has 2 aromatic rings. The Labute approximate surface area is 181 Å². The molecule has 2 amide bonds. The van der Waals surface area contributed by atoms with Crippen LogP contribution in [0.2, 0.25) is 0 Å². The first-order chi connectivity index (χ1) is 14.9. The molecule has 1 saturated carbocycles. The Morgan fingerprint density at radius 2 is 1.68 bits per heavy atom. The van der Waals surface area contributed by atoms with Crippen LogP contribution in [0.15, 0.2) is 53.4 Å². The fraction of sp³-hybridized carbons (Fsp3) is 0.364. The number of amides is 2. The average molecular weight is 444 g/mol. The van der Waals surface area contributed by atoms with Crippen LogP contribution in [0.3, 0.4) is 0 Å². The SMILES string of the molecule is COc1ccc(S(=O)(=O)N2CCC[C@H]2C(=O)Nc2ccc(C(=O)NC3CC3)cc2)cc1. The molecule has 0 unspecified atom stereocenters. The lowest BCUT2D eigenvalue weighted by molar-refractivity contribution is -0.119. The van der Waals surface area contributed by atoms with Crippen LogP contribution in [-0.4, -0.2) is 50.3 Å². The van der Waals surface area contributed by atoms with Gasteiger partial charge in [-0.05, 0) is 74.2 Å². The predicted octanol–water partition coefficient (Wildman–Crippen LogP) is 2.38. The van der Waals surface area contributed by atoms with Crippen molar-refractivity contribution in [1.29, 1.82) is 0 Å². The van der Waals surface area contributed by atoms with Crippen LogP contribution in [0.1, 0.15) is 36.0 Å². The third-order valence-corrected chi connectivity index (χ3v) is 7.42. The summed E-state index contributed by atoms with van der Waals surface area (Å²) < 4.78 is 32.5. The van der Waals surface area contributed by atoms with Crippen LogP contribution < -0.4 is 15.4 Å². The van der Waals surface area contributed by atoms with E-state index in [0.717, 1.165) is 12.8 Å². The number of anilines is 1. The zero-order chi connectivity index (χ0) is 22.0. The Morgan fingerprint density at radius 1 is 1.00 bits per heavy atom. The van der Waals surface area contributed by atoms with Gasteiger partial charge in [0.15, 0.2) is 0 Å². The van der Waals surface area contributed by atoms with Gasteiger partial charge in [0.25, 0.3) is 5.91 Å². The smallest absolute Gasteiger partial charge is 0.251 e. The maximum Gasteiger partial charge on any atom is 0.251 e. The zero-order valence-corrected chi connectivity index (χ0v) is 18.0. The molecule has 0 radical (unpaired) electrons. The average Bonchev–Trinajstić information content (AvgIpc) is 3.44. The summed E-state index contributed by atoms with van der Waals surface area (Å²) >= 11 is 0. The van der Waals surface area contributed by atoms with Gasteiger partial charge >= 0.3 is 0 Å². The molecule has 1 heterocycles. The fourth-order valence-electron chi connectivity index (χ4n) is 3.60. The van der Waals surface area contributed by atoms with Crippen LogP contribution in [-0.2, 0) is 14.8 Å². The van der Waals surface area contributed by atoms with Crippen molar-refractivity contribution in [1.82, 2.24) is 9.62 Å². The van der Waals surface area contributed by atoms with Gasteiger partial charge in [-0.2, -0.15) is 4.31 Å². The molecule has 9 heteroatoms. The zero-order valence-electron chi connectivity index (χ0n) is 17.2. The highest BCUT2D eigenvalue weighted by molar-refractivity contribution is 7.89. The van der Waals surface area contributed by atoms with Crippen molar-refractivity contribution in [2.75, 3.05) is 19.0 Å². The second kappa shape index (κ2) is 8.68. The van der Waals surface area contributed by atoms with E-state index in [0.29, 0.717) is 29.8 Å². The van der Waals surface area contributed by atoms with E-state index in [-0.39, 0.29) is 29.3 Å². The molecule has 1 atom stereocenters. The molecule has 1 aliphatic carbocycles. The third kappa shape index (κ3) is 4.72. The molecular weight excluding hydrogens is 418 g/mol. The standard InChI is InChI=1S/C22H25N3O5S/c1-30-18-10-12-19(13-11-18)31(28,29)25-14-2-3-20(25)22(27)24-16-6-4-15(5-7-16)21(26)23-17-8-9-17/h4-7,10-13,17,20H,2-3,8-9,14H2,1H3,(H,23,26)(H,24,27)/t20-/m0/s1. The van der Waals surface area contributed by atoms with Crippen molar-refractivity contribution in [2.45, 2.75) is 42.7 Å². The van der Waals surface area contributed by atoms with E-state index in [2.05, 4.69) is 10.6 Å². The van der Waals surface area contributed by atoms with Gasteiger partial charge in [-0.1, -0.05) is 0 Å². The van der Waals surface area contributed by atoms with Crippen LogP contribution in [0.5, 0.6) is 5.75 Å². The molecule has 2 aliphatic rings. The fourth-order valence-corrected chi connectivity index (χ4v) is 5.26. The van der Waals surface area contributed by atoms with Crippen molar-refractivity contribution in [3.8, 4) is 5.75 Å². The van der Waals surface area contributed by atoms with Gasteiger partial charge in [0.05, 0.1) is 12.0 Å². The summed E-state index contributed by atoms with van der Waals surface area (Å²) in [5, 5.41) is 5.69. The summed E-state index contributed by atoms with van der Waals surface area (Å²) in [4.78, 5) is 25.1. The van der Waals surface area contributed by atoms with Gasteiger partial charge in [0.1, 0.15) is 11.8 Å².